The highest BCUT2D eigenvalue weighted by atomic mass is 35.5. The van der Waals surface area contributed by atoms with E-state index in [9.17, 15) is 4.79 Å². The SMILES string of the molecule is CN(Cc1ccccc1)C(=O)CCc1ccc(Cl)c(Cl)c1. The molecule has 2 aromatic carbocycles. The van der Waals surface area contributed by atoms with Crippen molar-refractivity contribution < 1.29 is 4.79 Å². The van der Waals surface area contributed by atoms with Gasteiger partial charge in [0.15, 0.2) is 0 Å². The molecule has 0 heterocycles. The first-order valence-corrected chi connectivity index (χ1v) is 7.53. The topological polar surface area (TPSA) is 20.3 Å². The van der Waals surface area contributed by atoms with Gasteiger partial charge in [-0.25, -0.2) is 0 Å². The number of amides is 1. The van der Waals surface area contributed by atoms with E-state index in [0.29, 0.717) is 29.4 Å². The Balaban J connectivity index is 1.87. The fourth-order valence-electron chi connectivity index (χ4n) is 2.08. The molecule has 2 aromatic rings. The molecule has 0 fully saturated rings. The van der Waals surface area contributed by atoms with Crippen LogP contribution in [0.3, 0.4) is 0 Å². The van der Waals surface area contributed by atoms with Gasteiger partial charge < -0.3 is 4.90 Å². The van der Waals surface area contributed by atoms with Crippen molar-refractivity contribution in [1.82, 2.24) is 4.90 Å². The van der Waals surface area contributed by atoms with E-state index in [1.807, 2.05) is 49.5 Å². The van der Waals surface area contributed by atoms with E-state index in [1.165, 1.54) is 0 Å². The van der Waals surface area contributed by atoms with Gasteiger partial charge in [0.25, 0.3) is 0 Å². The molecule has 0 saturated carbocycles. The van der Waals surface area contributed by atoms with E-state index >= 15 is 0 Å². The van der Waals surface area contributed by atoms with Crippen LogP contribution in [0.15, 0.2) is 48.5 Å². The maximum atomic E-state index is 12.1. The molecule has 1 amide bonds. The van der Waals surface area contributed by atoms with Crippen molar-refractivity contribution in [3.05, 3.63) is 69.7 Å². The van der Waals surface area contributed by atoms with Crippen molar-refractivity contribution in [2.75, 3.05) is 7.05 Å². The smallest absolute Gasteiger partial charge is 0.222 e. The Hall–Kier alpha value is -1.51. The summed E-state index contributed by atoms with van der Waals surface area (Å²) in [6.45, 7) is 0.626. The van der Waals surface area contributed by atoms with E-state index in [4.69, 9.17) is 23.2 Å². The molecule has 4 heteroatoms. The number of carbonyl (C=O) groups excluding carboxylic acids is 1. The third-order valence-corrected chi connectivity index (χ3v) is 4.04. The molecule has 0 aliphatic rings. The van der Waals surface area contributed by atoms with E-state index < -0.39 is 0 Å². The average Bonchev–Trinajstić information content (AvgIpc) is 2.49. The van der Waals surface area contributed by atoms with Crippen molar-refractivity contribution in [2.45, 2.75) is 19.4 Å². The van der Waals surface area contributed by atoms with E-state index in [0.717, 1.165) is 11.1 Å². The van der Waals surface area contributed by atoms with Crippen LogP contribution < -0.4 is 0 Å². The second-order valence-electron chi connectivity index (χ2n) is 4.98. The zero-order chi connectivity index (χ0) is 15.2. The third-order valence-electron chi connectivity index (χ3n) is 3.30. The molecule has 0 aliphatic carbocycles. The van der Waals surface area contributed by atoms with Gasteiger partial charge in [-0.2, -0.15) is 0 Å². The predicted molar refractivity (Wildman–Crippen MR) is 87.7 cm³/mol. The van der Waals surface area contributed by atoms with Crippen molar-refractivity contribution in [1.29, 1.82) is 0 Å². The fourth-order valence-corrected chi connectivity index (χ4v) is 2.40. The van der Waals surface area contributed by atoms with Crippen LogP contribution in [0.4, 0.5) is 0 Å². The summed E-state index contributed by atoms with van der Waals surface area (Å²) in [6.07, 6.45) is 1.12. The van der Waals surface area contributed by atoms with Crippen LogP contribution in [-0.2, 0) is 17.8 Å². The van der Waals surface area contributed by atoms with Crippen molar-refractivity contribution in [3.8, 4) is 0 Å². The zero-order valence-electron chi connectivity index (χ0n) is 11.9. The lowest BCUT2D eigenvalue weighted by molar-refractivity contribution is -0.130. The van der Waals surface area contributed by atoms with Gasteiger partial charge in [-0.05, 0) is 29.7 Å². The van der Waals surface area contributed by atoms with Gasteiger partial charge in [-0.1, -0.05) is 59.6 Å². The maximum Gasteiger partial charge on any atom is 0.222 e. The number of nitrogens with zero attached hydrogens (tertiary/aromatic N) is 1. The normalized spacial score (nSPS) is 10.4. The molecule has 0 atom stereocenters. The molecule has 0 radical (unpaired) electrons. The summed E-state index contributed by atoms with van der Waals surface area (Å²) in [4.78, 5) is 13.9. The summed E-state index contributed by atoms with van der Waals surface area (Å²) in [5.41, 5.74) is 2.15. The Morgan fingerprint density at radius 1 is 1.00 bits per heavy atom. The molecular weight excluding hydrogens is 305 g/mol. The van der Waals surface area contributed by atoms with Crippen LogP contribution in [-0.4, -0.2) is 17.9 Å². The zero-order valence-corrected chi connectivity index (χ0v) is 13.4. The maximum absolute atomic E-state index is 12.1. The Labute approximate surface area is 135 Å². The van der Waals surface area contributed by atoms with Crippen molar-refractivity contribution in [2.24, 2.45) is 0 Å². The molecule has 21 heavy (non-hydrogen) atoms. The molecule has 0 N–H and O–H groups in total. The summed E-state index contributed by atoms with van der Waals surface area (Å²) in [5.74, 6) is 0.116. The average molecular weight is 322 g/mol. The summed E-state index contributed by atoms with van der Waals surface area (Å²) in [7, 11) is 1.82. The van der Waals surface area contributed by atoms with Crippen LogP contribution >= 0.6 is 23.2 Å². The van der Waals surface area contributed by atoms with E-state index in [1.54, 1.807) is 11.0 Å². The minimum Gasteiger partial charge on any atom is -0.341 e. The first-order valence-electron chi connectivity index (χ1n) is 6.78. The summed E-state index contributed by atoms with van der Waals surface area (Å²) in [5, 5.41) is 1.06. The Morgan fingerprint density at radius 3 is 2.38 bits per heavy atom. The lowest BCUT2D eigenvalue weighted by Gasteiger charge is -2.17. The van der Waals surface area contributed by atoms with Crippen LogP contribution in [0.25, 0.3) is 0 Å². The van der Waals surface area contributed by atoms with Crippen LogP contribution in [0.5, 0.6) is 0 Å². The molecule has 0 spiro atoms. The number of aryl methyl sites for hydroxylation is 1. The van der Waals surface area contributed by atoms with Gasteiger partial charge in [0.2, 0.25) is 5.91 Å². The Kier molecular flexibility index (Phi) is 5.66. The van der Waals surface area contributed by atoms with E-state index in [-0.39, 0.29) is 5.91 Å². The molecule has 0 aliphatic heterocycles. The number of hydrogen-bond acceptors (Lipinski definition) is 1. The highest BCUT2D eigenvalue weighted by Gasteiger charge is 2.10. The minimum atomic E-state index is 0.116. The number of hydrogen-bond donors (Lipinski definition) is 0. The highest BCUT2D eigenvalue weighted by Crippen LogP contribution is 2.23. The van der Waals surface area contributed by atoms with Crippen LogP contribution in [0, 0.1) is 0 Å². The van der Waals surface area contributed by atoms with Gasteiger partial charge in [0.1, 0.15) is 0 Å². The van der Waals surface area contributed by atoms with Crippen molar-refractivity contribution >= 4 is 29.1 Å². The number of carbonyl (C=O) groups is 1. The minimum absolute atomic E-state index is 0.116. The first-order chi connectivity index (χ1) is 10.1. The summed E-state index contributed by atoms with van der Waals surface area (Å²) < 4.78 is 0. The van der Waals surface area contributed by atoms with Gasteiger partial charge in [0, 0.05) is 20.0 Å². The monoisotopic (exact) mass is 321 g/mol. The quantitative estimate of drug-likeness (QED) is 0.789. The van der Waals surface area contributed by atoms with Gasteiger partial charge in [0.05, 0.1) is 10.0 Å². The number of benzene rings is 2. The molecule has 2 nitrogen and oxygen atoms in total. The molecular formula is C17H17Cl2NO. The molecule has 2 rings (SSSR count). The standard InChI is InChI=1S/C17H17Cl2NO/c1-20(12-14-5-3-2-4-6-14)17(21)10-8-13-7-9-15(18)16(19)11-13/h2-7,9,11H,8,10,12H2,1H3. The van der Waals surface area contributed by atoms with Gasteiger partial charge >= 0.3 is 0 Å². The second kappa shape index (κ2) is 7.48. The lowest BCUT2D eigenvalue weighted by Crippen LogP contribution is -2.26. The van der Waals surface area contributed by atoms with Crippen molar-refractivity contribution in [3.63, 3.8) is 0 Å². The molecule has 0 unspecified atom stereocenters. The molecule has 0 aromatic heterocycles. The third kappa shape index (κ3) is 4.76. The number of halogens is 2. The predicted octanol–water partition coefficient (Wildman–Crippen LogP) is 4.58. The Bertz CT molecular complexity index is 613. The molecule has 0 saturated heterocycles. The Morgan fingerprint density at radius 2 is 1.71 bits per heavy atom. The first kappa shape index (κ1) is 15.9. The van der Waals surface area contributed by atoms with Gasteiger partial charge in [-0.15, -0.1) is 0 Å². The second-order valence-corrected chi connectivity index (χ2v) is 5.80. The lowest BCUT2D eigenvalue weighted by atomic mass is 10.1. The van der Waals surface area contributed by atoms with Crippen LogP contribution in [0.1, 0.15) is 17.5 Å². The molecule has 110 valence electrons. The highest BCUT2D eigenvalue weighted by molar-refractivity contribution is 6.42. The fraction of sp³-hybridized carbons (Fsp3) is 0.235. The van der Waals surface area contributed by atoms with E-state index in [2.05, 4.69) is 0 Å². The van der Waals surface area contributed by atoms with Gasteiger partial charge in [-0.3, -0.25) is 4.79 Å². The summed E-state index contributed by atoms with van der Waals surface area (Å²) >= 11 is 11.8. The largest absolute Gasteiger partial charge is 0.341 e. The molecule has 0 bridgehead atoms. The summed E-state index contributed by atoms with van der Waals surface area (Å²) in [6, 6.07) is 15.4. The number of rotatable bonds is 5. The van der Waals surface area contributed by atoms with Crippen LogP contribution in [0.2, 0.25) is 10.0 Å².